The number of hydrogen-bond acceptors (Lipinski definition) is 3. The minimum Gasteiger partial charge on any atom is -0.349 e. The minimum atomic E-state index is 0. The highest BCUT2D eigenvalue weighted by atomic mass is 35.5. The molecule has 1 aliphatic carbocycles. The SMILES string of the molecule is C[C@@H](NC(=O)[C@H]1CC[C@H](N)CC1)c1cccnc1.Cl. The molecule has 1 saturated carbocycles. The second-order valence-electron chi connectivity index (χ2n) is 5.13. The van der Waals surface area contributed by atoms with Gasteiger partial charge in [-0.3, -0.25) is 9.78 Å². The van der Waals surface area contributed by atoms with Crippen LogP contribution in [0.2, 0.25) is 0 Å². The maximum atomic E-state index is 12.1. The third-order valence-electron chi connectivity index (χ3n) is 3.69. The number of halogens is 1. The summed E-state index contributed by atoms with van der Waals surface area (Å²) in [6.07, 6.45) is 7.26. The predicted molar refractivity (Wildman–Crippen MR) is 78.0 cm³/mol. The van der Waals surface area contributed by atoms with Crippen LogP contribution in [-0.2, 0) is 4.79 Å². The first-order valence-electron chi connectivity index (χ1n) is 6.62. The molecule has 0 aliphatic heterocycles. The van der Waals surface area contributed by atoms with Gasteiger partial charge < -0.3 is 11.1 Å². The summed E-state index contributed by atoms with van der Waals surface area (Å²) in [6, 6.07) is 4.17. The van der Waals surface area contributed by atoms with Crippen LogP contribution in [0, 0.1) is 5.92 Å². The molecule has 1 aliphatic rings. The fourth-order valence-electron chi connectivity index (χ4n) is 2.43. The van der Waals surface area contributed by atoms with Crippen LogP contribution in [0.3, 0.4) is 0 Å². The van der Waals surface area contributed by atoms with E-state index in [0.29, 0.717) is 0 Å². The van der Waals surface area contributed by atoms with Crippen molar-refractivity contribution in [2.24, 2.45) is 11.7 Å². The van der Waals surface area contributed by atoms with E-state index in [0.717, 1.165) is 31.2 Å². The molecule has 0 aromatic carbocycles. The van der Waals surface area contributed by atoms with E-state index in [2.05, 4.69) is 10.3 Å². The van der Waals surface area contributed by atoms with Gasteiger partial charge in [0.1, 0.15) is 0 Å². The van der Waals surface area contributed by atoms with Crippen LogP contribution in [0.25, 0.3) is 0 Å². The Kier molecular flexibility index (Phi) is 6.25. The van der Waals surface area contributed by atoms with Crippen LogP contribution in [0.5, 0.6) is 0 Å². The summed E-state index contributed by atoms with van der Waals surface area (Å²) in [5, 5.41) is 3.06. The molecule has 19 heavy (non-hydrogen) atoms. The number of amides is 1. The first kappa shape index (κ1) is 15.9. The van der Waals surface area contributed by atoms with Gasteiger partial charge in [-0.1, -0.05) is 6.07 Å². The number of carbonyl (C=O) groups excluding carboxylic acids is 1. The van der Waals surface area contributed by atoms with E-state index >= 15 is 0 Å². The zero-order chi connectivity index (χ0) is 13.0. The molecule has 0 radical (unpaired) electrons. The molecule has 1 amide bonds. The Bertz CT molecular complexity index is 391. The highest BCUT2D eigenvalue weighted by molar-refractivity contribution is 5.85. The number of carbonyl (C=O) groups is 1. The van der Waals surface area contributed by atoms with E-state index in [1.54, 1.807) is 12.4 Å². The highest BCUT2D eigenvalue weighted by Crippen LogP contribution is 2.24. The van der Waals surface area contributed by atoms with Gasteiger partial charge in [0.25, 0.3) is 0 Å². The lowest BCUT2D eigenvalue weighted by Crippen LogP contribution is -2.37. The second-order valence-corrected chi connectivity index (χ2v) is 5.13. The quantitative estimate of drug-likeness (QED) is 0.893. The monoisotopic (exact) mass is 283 g/mol. The molecule has 1 fully saturated rings. The molecule has 1 aromatic heterocycles. The highest BCUT2D eigenvalue weighted by Gasteiger charge is 2.25. The van der Waals surface area contributed by atoms with Gasteiger partial charge in [0.2, 0.25) is 5.91 Å². The molecular formula is C14H22ClN3O. The largest absolute Gasteiger partial charge is 0.349 e. The van der Waals surface area contributed by atoms with Crippen LogP contribution in [-0.4, -0.2) is 16.9 Å². The first-order chi connectivity index (χ1) is 8.66. The molecule has 1 heterocycles. The molecule has 0 unspecified atom stereocenters. The number of hydrogen-bond donors (Lipinski definition) is 2. The number of nitrogens with zero attached hydrogens (tertiary/aromatic N) is 1. The van der Waals surface area contributed by atoms with E-state index in [-0.39, 0.29) is 36.3 Å². The van der Waals surface area contributed by atoms with Crippen molar-refractivity contribution in [3.05, 3.63) is 30.1 Å². The molecule has 0 saturated heterocycles. The van der Waals surface area contributed by atoms with Gasteiger partial charge >= 0.3 is 0 Å². The predicted octanol–water partition coefficient (Wildman–Crippen LogP) is 2.20. The summed E-state index contributed by atoms with van der Waals surface area (Å²) < 4.78 is 0. The van der Waals surface area contributed by atoms with Crippen molar-refractivity contribution in [2.45, 2.75) is 44.7 Å². The lowest BCUT2D eigenvalue weighted by Gasteiger charge is -2.26. The van der Waals surface area contributed by atoms with Crippen molar-refractivity contribution in [3.63, 3.8) is 0 Å². The number of nitrogens with two attached hydrogens (primary N) is 1. The third kappa shape index (κ3) is 4.48. The van der Waals surface area contributed by atoms with E-state index in [4.69, 9.17) is 5.73 Å². The van der Waals surface area contributed by atoms with Crippen molar-refractivity contribution in [2.75, 3.05) is 0 Å². The molecule has 1 atom stereocenters. The molecule has 106 valence electrons. The zero-order valence-electron chi connectivity index (χ0n) is 11.2. The molecule has 5 heteroatoms. The van der Waals surface area contributed by atoms with Gasteiger partial charge in [-0.25, -0.2) is 0 Å². The number of aromatic nitrogens is 1. The maximum absolute atomic E-state index is 12.1. The van der Waals surface area contributed by atoms with Crippen LogP contribution >= 0.6 is 12.4 Å². The average molecular weight is 284 g/mol. The summed E-state index contributed by atoms with van der Waals surface area (Å²) >= 11 is 0. The number of nitrogens with one attached hydrogen (secondary N) is 1. The Morgan fingerprint density at radius 1 is 1.42 bits per heavy atom. The maximum Gasteiger partial charge on any atom is 0.223 e. The van der Waals surface area contributed by atoms with Gasteiger partial charge in [-0.15, -0.1) is 12.4 Å². The Hall–Kier alpha value is -1.13. The van der Waals surface area contributed by atoms with E-state index < -0.39 is 0 Å². The third-order valence-corrected chi connectivity index (χ3v) is 3.69. The van der Waals surface area contributed by atoms with Gasteiger partial charge in [0.05, 0.1) is 6.04 Å². The van der Waals surface area contributed by atoms with E-state index in [1.165, 1.54) is 0 Å². The summed E-state index contributed by atoms with van der Waals surface area (Å²) in [6.45, 7) is 1.99. The second kappa shape index (κ2) is 7.46. The molecule has 1 aromatic rings. The fourth-order valence-corrected chi connectivity index (χ4v) is 2.43. The fraction of sp³-hybridized carbons (Fsp3) is 0.571. The Labute approximate surface area is 120 Å². The first-order valence-corrected chi connectivity index (χ1v) is 6.62. The van der Waals surface area contributed by atoms with Crippen LogP contribution in [0.1, 0.15) is 44.2 Å². The van der Waals surface area contributed by atoms with Gasteiger partial charge in [0, 0.05) is 24.4 Å². The van der Waals surface area contributed by atoms with E-state index in [1.807, 2.05) is 19.1 Å². The van der Waals surface area contributed by atoms with Crippen molar-refractivity contribution in [1.82, 2.24) is 10.3 Å². The smallest absolute Gasteiger partial charge is 0.223 e. The van der Waals surface area contributed by atoms with Gasteiger partial charge in [-0.05, 0) is 44.2 Å². The molecule has 0 spiro atoms. The lowest BCUT2D eigenvalue weighted by atomic mass is 9.86. The Morgan fingerprint density at radius 2 is 2.11 bits per heavy atom. The molecular weight excluding hydrogens is 262 g/mol. The van der Waals surface area contributed by atoms with Crippen molar-refractivity contribution in [1.29, 1.82) is 0 Å². The van der Waals surface area contributed by atoms with Crippen LogP contribution in [0.4, 0.5) is 0 Å². The molecule has 2 rings (SSSR count). The number of rotatable bonds is 3. The topological polar surface area (TPSA) is 68.0 Å². The Balaban J connectivity index is 0.00000180. The van der Waals surface area contributed by atoms with E-state index in [9.17, 15) is 4.79 Å². The molecule has 0 bridgehead atoms. The Morgan fingerprint density at radius 3 is 2.68 bits per heavy atom. The van der Waals surface area contributed by atoms with Crippen LogP contribution in [0.15, 0.2) is 24.5 Å². The molecule has 3 N–H and O–H groups in total. The minimum absolute atomic E-state index is 0. The summed E-state index contributed by atoms with van der Waals surface area (Å²) in [5.41, 5.74) is 6.89. The summed E-state index contributed by atoms with van der Waals surface area (Å²) in [5.74, 6) is 0.280. The van der Waals surface area contributed by atoms with Crippen molar-refractivity contribution >= 4 is 18.3 Å². The summed E-state index contributed by atoms with van der Waals surface area (Å²) in [4.78, 5) is 16.2. The lowest BCUT2D eigenvalue weighted by molar-refractivity contribution is -0.126. The standard InChI is InChI=1S/C14H21N3O.ClH/c1-10(12-3-2-8-16-9-12)17-14(18)11-4-6-13(15)7-5-11;/h2-3,8-11,13H,4-7,15H2,1H3,(H,17,18);1H/t10-,11-,13-;/m1./s1. The number of pyridine rings is 1. The molecule has 4 nitrogen and oxygen atoms in total. The normalized spacial score (nSPS) is 24.1. The van der Waals surface area contributed by atoms with Crippen molar-refractivity contribution < 1.29 is 4.79 Å². The van der Waals surface area contributed by atoms with Crippen molar-refractivity contribution in [3.8, 4) is 0 Å². The van der Waals surface area contributed by atoms with Gasteiger partial charge in [-0.2, -0.15) is 0 Å². The van der Waals surface area contributed by atoms with Crippen LogP contribution < -0.4 is 11.1 Å². The zero-order valence-corrected chi connectivity index (χ0v) is 12.0. The summed E-state index contributed by atoms with van der Waals surface area (Å²) in [7, 11) is 0. The average Bonchev–Trinajstić information content (AvgIpc) is 2.40. The van der Waals surface area contributed by atoms with Gasteiger partial charge in [0.15, 0.2) is 0 Å².